The summed E-state index contributed by atoms with van der Waals surface area (Å²) in [6.45, 7) is 6.24. The molecular weight excluding hydrogens is 332 g/mol. The smallest absolute Gasteiger partial charge is 0.240 e. The molecule has 7 nitrogen and oxygen atoms in total. The molecule has 0 bridgehead atoms. The molecular formula is C16H24N2O5S. The molecule has 0 unspecified atom stereocenters. The predicted octanol–water partition coefficient (Wildman–Crippen LogP) is 1.38. The predicted molar refractivity (Wildman–Crippen MR) is 89.8 cm³/mol. The van der Waals surface area contributed by atoms with Crippen LogP contribution in [0.5, 0.6) is 11.5 Å². The largest absolute Gasteiger partial charge is 0.486 e. The van der Waals surface area contributed by atoms with Crippen molar-refractivity contribution >= 4 is 15.9 Å². The summed E-state index contributed by atoms with van der Waals surface area (Å²) in [7, 11) is -3.63. The van der Waals surface area contributed by atoms with Gasteiger partial charge in [-0.05, 0) is 32.4 Å². The third-order valence-corrected chi connectivity index (χ3v) is 5.26. The number of fused-ring (bicyclic) bond motifs is 1. The molecule has 1 aliphatic rings. The fourth-order valence-electron chi connectivity index (χ4n) is 2.45. The van der Waals surface area contributed by atoms with E-state index in [0.717, 1.165) is 0 Å². The minimum absolute atomic E-state index is 0.0403. The maximum atomic E-state index is 12.3. The molecule has 1 aromatic rings. The van der Waals surface area contributed by atoms with Crippen LogP contribution in [0.1, 0.15) is 26.7 Å². The second kappa shape index (κ2) is 8.34. The zero-order valence-corrected chi connectivity index (χ0v) is 14.9. The SMILES string of the molecule is CCN(CC)C(=O)CCCNS(=O)(=O)c1ccc2c(c1)OCCO2. The lowest BCUT2D eigenvalue weighted by Gasteiger charge is -2.19. The van der Waals surface area contributed by atoms with Crippen molar-refractivity contribution < 1.29 is 22.7 Å². The van der Waals surface area contributed by atoms with Gasteiger partial charge in [0.2, 0.25) is 15.9 Å². The van der Waals surface area contributed by atoms with Crippen molar-refractivity contribution in [2.75, 3.05) is 32.8 Å². The Hall–Kier alpha value is -1.80. The number of nitrogens with one attached hydrogen (secondary N) is 1. The van der Waals surface area contributed by atoms with Gasteiger partial charge in [-0.25, -0.2) is 13.1 Å². The third kappa shape index (κ3) is 4.61. The second-order valence-corrected chi connectivity index (χ2v) is 7.14. The number of hydrogen-bond donors (Lipinski definition) is 1. The van der Waals surface area contributed by atoms with Crippen LogP contribution < -0.4 is 14.2 Å². The van der Waals surface area contributed by atoms with Gasteiger partial charge in [-0.15, -0.1) is 0 Å². The van der Waals surface area contributed by atoms with E-state index in [4.69, 9.17) is 9.47 Å². The third-order valence-electron chi connectivity index (χ3n) is 3.80. The molecule has 0 aromatic heterocycles. The van der Waals surface area contributed by atoms with Gasteiger partial charge in [-0.3, -0.25) is 4.79 Å². The van der Waals surface area contributed by atoms with Gasteiger partial charge in [-0.2, -0.15) is 0 Å². The van der Waals surface area contributed by atoms with Crippen LogP contribution in [0.2, 0.25) is 0 Å². The summed E-state index contributed by atoms with van der Waals surface area (Å²) in [5.41, 5.74) is 0. The number of nitrogens with zero attached hydrogens (tertiary/aromatic N) is 1. The highest BCUT2D eigenvalue weighted by Gasteiger charge is 2.19. The van der Waals surface area contributed by atoms with E-state index >= 15 is 0 Å². The van der Waals surface area contributed by atoms with Crippen molar-refractivity contribution in [3.8, 4) is 11.5 Å². The Morgan fingerprint density at radius 2 is 1.83 bits per heavy atom. The van der Waals surface area contributed by atoms with Crippen LogP contribution in [-0.4, -0.2) is 52.1 Å². The number of carbonyl (C=O) groups excluding carboxylic acids is 1. The van der Waals surface area contributed by atoms with Crippen LogP contribution in [0, 0.1) is 0 Å². The number of hydrogen-bond acceptors (Lipinski definition) is 5. The first-order chi connectivity index (χ1) is 11.5. The van der Waals surface area contributed by atoms with Crippen LogP contribution in [0.25, 0.3) is 0 Å². The molecule has 0 spiro atoms. The lowest BCUT2D eigenvalue weighted by molar-refractivity contribution is -0.130. The molecule has 24 heavy (non-hydrogen) atoms. The summed E-state index contributed by atoms with van der Waals surface area (Å²) in [4.78, 5) is 13.7. The minimum Gasteiger partial charge on any atom is -0.486 e. The maximum absolute atomic E-state index is 12.3. The van der Waals surface area contributed by atoms with Crippen LogP contribution in [-0.2, 0) is 14.8 Å². The van der Waals surface area contributed by atoms with Gasteiger partial charge in [0, 0.05) is 32.1 Å². The van der Waals surface area contributed by atoms with E-state index in [1.165, 1.54) is 12.1 Å². The van der Waals surface area contributed by atoms with Crippen LogP contribution in [0.15, 0.2) is 23.1 Å². The highest BCUT2D eigenvalue weighted by molar-refractivity contribution is 7.89. The fraction of sp³-hybridized carbons (Fsp3) is 0.562. The Balaban J connectivity index is 1.89. The van der Waals surface area contributed by atoms with Crippen LogP contribution >= 0.6 is 0 Å². The summed E-state index contributed by atoms with van der Waals surface area (Å²) in [5, 5.41) is 0. The molecule has 1 N–H and O–H groups in total. The Bertz CT molecular complexity index is 671. The lowest BCUT2D eigenvalue weighted by Crippen LogP contribution is -2.31. The van der Waals surface area contributed by atoms with E-state index in [0.29, 0.717) is 50.6 Å². The monoisotopic (exact) mass is 356 g/mol. The van der Waals surface area contributed by atoms with E-state index in [9.17, 15) is 13.2 Å². The van der Waals surface area contributed by atoms with Crippen LogP contribution in [0.4, 0.5) is 0 Å². The van der Waals surface area contributed by atoms with Gasteiger partial charge in [0.25, 0.3) is 0 Å². The van der Waals surface area contributed by atoms with Crippen molar-refractivity contribution in [3.63, 3.8) is 0 Å². The molecule has 0 radical (unpaired) electrons. The highest BCUT2D eigenvalue weighted by Crippen LogP contribution is 2.32. The summed E-state index contributed by atoms with van der Waals surface area (Å²) in [6.07, 6.45) is 0.782. The van der Waals surface area contributed by atoms with Gasteiger partial charge in [0.15, 0.2) is 11.5 Å². The first-order valence-corrected chi connectivity index (χ1v) is 9.63. The zero-order valence-electron chi connectivity index (χ0n) is 14.1. The average Bonchev–Trinajstić information content (AvgIpc) is 2.59. The van der Waals surface area contributed by atoms with E-state index in [-0.39, 0.29) is 17.3 Å². The number of sulfonamides is 1. The summed E-state index contributed by atoms with van der Waals surface area (Å²) < 4.78 is 37.9. The number of rotatable bonds is 8. The normalized spacial score (nSPS) is 13.6. The molecule has 1 aromatic carbocycles. The lowest BCUT2D eigenvalue weighted by atomic mass is 10.3. The Morgan fingerprint density at radius 1 is 1.17 bits per heavy atom. The van der Waals surface area contributed by atoms with Crippen LogP contribution in [0.3, 0.4) is 0 Å². The molecule has 1 aliphatic heterocycles. The molecule has 0 saturated heterocycles. The molecule has 2 rings (SSSR count). The highest BCUT2D eigenvalue weighted by atomic mass is 32.2. The number of carbonyl (C=O) groups is 1. The summed E-state index contributed by atoms with van der Waals surface area (Å²) >= 11 is 0. The van der Waals surface area contributed by atoms with Gasteiger partial charge in [0.05, 0.1) is 4.90 Å². The first kappa shape index (κ1) is 18.5. The van der Waals surface area contributed by atoms with Crippen molar-refractivity contribution in [2.45, 2.75) is 31.6 Å². The van der Waals surface area contributed by atoms with Crippen molar-refractivity contribution in [2.24, 2.45) is 0 Å². The van der Waals surface area contributed by atoms with E-state index in [2.05, 4.69) is 4.72 Å². The second-order valence-electron chi connectivity index (χ2n) is 5.37. The molecule has 0 aliphatic carbocycles. The average molecular weight is 356 g/mol. The van der Waals surface area contributed by atoms with Gasteiger partial charge in [-0.1, -0.05) is 0 Å². The number of ether oxygens (including phenoxy) is 2. The summed E-state index contributed by atoms with van der Waals surface area (Å²) in [5.74, 6) is 1.02. The Labute approximate surface area is 143 Å². The van der Waals surface area contributed by atoms with Gasteiger partial charge >= 0.3 is 0 Å². The summed E-state index contributed by atoms with van der Waals surface area (Å²) in [6, 6.07) is 4.53. The van der Waals surface area contributed by atoms with E-state index in [1.807, 2.05) is 13.8 Å². The molecule has 0 fully saturated rings. The maximum Gasteiger partial charge on any atom is 0.240 e. The molecule has 134 valence electrons. The zero-order chi connectivity index (χ0) is 17.6. The standard InChI is InChI=1S/C16H24N2O5S/c1-3-18(4-2)16(19)6-5-9-17-24(20,21)13-7-8-14-15(12-13)23-11-10-22-14/h7-8,12,17H,3-6,9-11H2,1-2H3. The van der Waals surface area contributed by atoms with Crippen molar-refractivity contribution in [1.82, 2.24) is 9.62 Å². The molecule has 1 amide bonds. The van der Waals surface area contributed by atoms with E-state index in [1.54, 1.807) is 11.0 Å². The quantitative estimate of drug-likeness (QED) is 0.712. The topological polar surface area (TPSA) is 84.9 Å². The molecule has 0 atom stereocenters. The Morgan fingerprint density at radius 3 is 2.50 bits per heavy atom. The van der Waals surface area contributed by atoms with Gasteiger partial charge in [0.1, 0.15) is 13.2 Å². The Kier molecular flexibility index (Phi) is 6.44. The van der Waals surface area contributed by atoms with Gasteiger partial charge < -0.3 is 14.4 Å². The molecule has 8 heteroatoms. The molecule has 0 saturated carbocycles. The van der Waals surface area contributed by atoms with Crippen molar-refractivity contribution in [3.05, 3.63) is 18.2 Å². The van der Waals surface area contributed by atoms with E-state index < -0.39 is 10.0 Å². The van der Waals surface area contributed by atoms with Crippen molar-refractivity contribution in [1.29, 1.82) is 0 Å². The number of benzene rings is 1. The number of amides is 1. The molecule has 1 heterocycles. The minimum atomic E-state index is -3.63. The first-order valence-electron chi connectivity index (χ1n) is 8.15. The fourth-order valence-corrected chi connectivity index (χ4v) is 3.54.